The molecule has 0 saturated heterocycles. The highest BCUT2D eigenvalue weighted by atomic mass is 32.1. The van der Waals surface area contributed by atoms with Gasteiger partial charge in [-0.05, 0) is 13.8 Å². The Balaban J connectivity index is 3.13. The number of rotatable bonds is 1. The van der Waals surface area contributed by atoms with E-state index in [0.29, 0.717) is 11.2 Å². The molecule has 0 radical (unpaired) electrons. The third-order valence-corrected chi connectivity index (χ3v) is 0.568. The summed E-state index contributed by atoms with van der Waals surface area (Å²) in [6.07, 6.45) is 0. The summed E-state index contributed by atoms with van der Waals surface area (Å²) in [6, 6.07) is 0.421. The number of nitrogens with one attached hydrogen (secondary N) is 1. The molecule has 0 aliphatic rings. The molecule has 0 aromatic rings. The summed E-state index contributed by atoms with van der Waals surface area (Å²) in [6.45, 7) is 4.05. The summed E-state index contributed by atoms with van der Waals surface area (Å²) < 4.78 is 0. The van der Waals surface area contributed by atoms with Crippen molar-refractivity contribution in [1.82, 2.24) is 5.32 Å². The fourth-order valence-corrected chi connectivity index (χ4v) is 0.558. The van der Waals surface area contributed by atoms with Gasteiger partial charge in [-0.3, -0.25) is 0 Å². The van der Waals surface area contributed by atoms with E-state index in [-0.39, 0.29) is 0 Å². The molecule has 42 valence electrons. The minimum Gasteiger partial charge on any atom is -0.329 e. The Bertz CT molecular complexity index is 70.1. The van der Waals surface area contributed by atoms with Crippen LogP contribution in [0.5, 0.6) is 0 Å². The average molecular weight is 119 g/mol. The molecule has 4 N–H and O–H groups in total. The first-order valence-corrected chi connectivity index (χ1v) is 2.66. The molecule has 0 atom stereocenters. The summed E-state index contributed by atoms with van der Waals surface area (Å²) in [7, 11) is 0. The van der Waals surface area contributed by atoms with Crippen LogP contribution in [0.25, 0.3) is 0 Å². The van der Waals surface area contributed by atoms with Gasteiger partial charge in [-0.15, -0.1) is 0 Å². The molecule has 0 fully saturated rings. The first-order valence-electron chi connectivity index (χ1n) is 2.25. The van der Waals surface area contributed by atoms with Crippen molar-refractivity contribution in [3.05, 3.63) is 0 Å². The summed E-state index contributed by atoms with van der Waals surface area (Å²) in [5.41, 5.74) is 3.50. The van der Waals surface area contributed by atoms with Gasteiger partial charge in [0, 0.05) is 18.3 Å². The highest BCUT2D eigenvalue weighted by Gasteiger charge is 1.91. The van der Waals surface area contributed by atoms with E-state index in [9.17, 15) is 0 Å². The van der Waals surface area contributed by atoms with Crippen molar-refractivity contribution < 1.29 is 5.73 Å². The zero-order chi connectivity index (χ0) is 5.86. The molecule has 7 heavy (non-hydrogen) atoms. The molecular weight excluding hydrogens is 108 g/mol. The van der Waals surface area contributed by atoms with Crippen LogP contribution in [0.1, 0.15) is 13.8 Å². The molecule has 2 nitrogen and oxygen atoms in total. The summed E-state index contributed by atoms with van der Waals surface area (Å²) in [5, 5.41) is 3.55. The second kappa shape index (κ2) is 2.93. The molecule has 0 unspecified atom stereocenters. The fraction of sp³-hybridized carbons (Fsp3) is 0.750. The highest BCUT2D eigenvalue weighted by Crippen LogP contribution is 1.71. The van der Waals surface area contributed by atoms with Gasteiger partial charge in [-0.2, -0.15) is 0 Å². The molecule has 0 aliphatic heterocycles. The van der Waals surface area contributed by atoms with Crippen LogP contribution in [0.3, 0.4) is 0 Å². The van der Waals surface area contributed by atoms with Gasteiger partial charge >= 0.3 is 0 Å². The molecule has 0 rings (SSSR count). The minimum absolute atomic E-state index is 0.421. The first-order chi connectivity index (χ1) is 3.13. The summed E-state index contributed by atoms with van der Waals surface area (Å²) in [5.74, 6) is 0. The predicted octanol–water partition coefficient (Wildman–Crippen LogP) is -0.489. The Hall–Kier alpha value is -0.150. The van der Waals surface area contributed by atoms with Gasteiger partial charge in [0.1, 0.15) is 0 Å². The monoisotopic (exact) mass is 119 g/mol. The van der Waals surface area contributed by atoms with Crippen molar-refractivity contribution in [1.29, 1.82) is 0 Å². The normalized spacial score (nSPS) is 9.14. The summed E-state index contributed by atoms with van der Waals surface area (Å²) >= 11 is 4.65. The maximum Gasteiger partial charge on any atom is 0.265 e. The van der Waals surface area contributed by atoms with E-state index in [1.807, 2.05) is 13.8 Å². The van der Waals surface area contributed by atoms with Crippen LogP contribution in [0.4, 0.5) is 0 Å². The van der Waals surface area contributed by atoms with Crippen molar-refractivity contribution in [2.45, 2.75) is 19.9 Å². The van der Waals surface area contributed by atoms with E-state index >= 15 is 0 Å². The quantitative estimate of drug-likeness (QED) is 0.457. The topological polar surface area (TPSA) is 39.7 Å². The SMILES string of the molecule is CC(C)NC([NH3+])=S. The van der Waals surface area contributed by atoms with Crippen molar-refractivity contribution in [3.63, 3.8) is 0 Å². The molecule has 0 aliphatic carbocycles. The molecule has 0 aromatic heterocycles. The molecular formula is C4H11N2S+. The second-order valence-corrected chi connectivity index (χ2v) is 2.22. The minimum atomic E-state index is 0.421. The number of thiocarbonyl (C=S) groups is 1. The first kappa shape index (κ1) is 6.85. The molecule has 0 heterocycles. The van der Waals surface area contributed by atoms with Crippen LogP contribution in [0.2, 0.25) is 0 Å². The molecule has 0 amide bonds. The maximum atomic E-state index is 4.65. The van der Waals surface area contributed by atoms with Gasteiger partial charge in [0.15, 0.2) is 0 Å². The highest BCUT2D eigenvalue weighted by molar-refractivity contribution is 7.79. The van der Waals surface area contributed by atoms with Crippen LogP contribution >= 0.6 is 12.2 Å². The zero-order valence-electron chi connectivity index (χ0n) is 4.69. The zero-order valence-corrected chi connectivity index (χ0v) is 5.51. The van der Waals surface area contributed by atoms with E-state index < -0.39 is 0 Å². The molecule has 3 heteroatoms. The Labute approximate surface area is 49.1 Å². The maximum absolute atomic E-state index is 4.65. The average Bonchev–Trinajstić information content (AvgIpc) is 1.27. The van der Waals surface area contributed by atoms with Crippen LogP contribution in [0.15, 0.2) is 0 Å². The number of hydrogen-bond donors (Lipinski definition) is 2. The Kier molecular flexibility index (Phi) is 2.87. The number of quaternary nitrogens is 1. The van der Waals surface area contributed by atoms with Crippen molar-refractivity contribution in [2.24, 2.45) is 0 Å². The van der Waals surface area contributed by atoms with Crippen molar-refractivity contribution in [3.8, 4) is 0 Å². The van der Waals surface area contributed by atoms with Crippen LogP contribution < -0.4 is 11.1 Å². The lowest BCUT2D eigenvalue weighted by Crippen LogP contribution is -2.63. The fourth-order valence-electron chi connectivity index (χ4n) is 0.322. The molecule has 0 bridgehead atoms. The van der Waals surface area contributed by atoms with E-state index in [1.165, 1.54) is 0 Å². The lowest BCUT2D eigenvalue weighted by molar-refractivity contribution is -0.215. The molecule has 0 saturated carbocycles. The second-order valence-electron chi connectivity index (χ2n) is 1.72. The van der Waals surface area contributed by atoms with Gasteiger partial charge in [-0.25, -0.2) is 0 Å². The van der Waals surface area contributed by atoms with E-state index in [2.05, 4.69) is 23.3 Å². The summed E-state index contributed by atoms with van der Waals surface area (Å²) in [4.78, 5) is 0. The van der Waals surface area contributed by atoms with Gasteiger partial charge in [-0.1, -0.05) is 0 Å². The number of hydrogen-bond acceptors (Lipinski definition) is 1. The van der Waals surface area contributed by atoms with Crippen molar-refractivity contribution in [2.75, 3.05) is 0 Å². The lowest BCUT2D eigenvalue weighted by Gasteiger charge is -2.01. The van der Waals surface area contributed by atoms with E-state index in [1.54, 1.807) is 0 Å². The Morgan fingerprint density at radius 2 is 2.14 bits per heavy atom. The standard InChI is InChI=1S/C4H10N2S/c1-3(2)6-4(5)7/h3H,1-2H3,(H3,5,6,7)/p+1. The van der Waals surface area contributed by atoms with E-state index in [4.69, 9.17) is 0 Å². The van der Waals surface area contributed by atoms with Crippen molar-refractivity contribution >= 4 is 17.3 Å². The van der Waals surface area contributed by atoms with Crippen LogP contribution in [-0.2, 0) is 0 Å². The Morgan fingerprint density at radius 3 is 2.14 bits per heavy atom. The smallest absolute Gasteiger partial charge is 0.265 e. The third kappa shape index (κ3) is 5.85. The van der Waals surface area contributed by atoms with E-state index in [0.717, 1.165) is 0 Å². The van der Waals surface area contributed by atoms with Gasteiger partial charge < -0.3 is 11.1 Å². The predicted molar refractivity (Wildman–Crippen MR) is 33.8 cm³/mol. The molecule has 0 aromatic carbocycles. The van der Waals surface area contributed by atoms with Crippen LogP contribution in [-0.4, -0.2) is 11.2 Å². The van der Waals surface area contributed by atoms with Gasteiger partial charge in [0.05, 0.1) is 0 Å². The third-order valence-electron chi connectivity index (χ3n) is 0.450. The van der Waals surface area contributed by atoms with Gasteiger partial charge in [0.2, 0.25) is 0 Å². The van der Waals surface area contributed by atoms with Gasteiger partial charge in [0.25, 0.3) is 5.11 Å². The largest absolute Gasteiger partial charge is 0.329 e. The molecule has 0 spiro atoms. The Morgan fingerprint density at radius 1 is 1.71 bits per heavy atom. The lowest BCUT2D eigenvalue weighted by atomic mass is 10.4. The van der Waals surface area contributed by atoms with Crippen LogP contribution in [0, 0.1) is 0 Å².